The van der Waals surface area contributed by atoms with Gasteiger partial charge in [-0.25, -0.2) is 0 Å². The number of ether oxygens (including phenoxy) is 1. The Morgan fingerprint density at radius 1 is 1.53 bits per heavy atom. The molecule has 0 aliphatic rings. The lowest BCUT2D eigenvalue weighted by Crippen LogP contribution is -2.31. The molecule has 0 bridgehead atoms. The van der Waals surface area contributed by atoms with Crippen molar-refractivity contribution in [2.24, 2.45) is 0 Å². The summed E-state index contributed by atoms with van der Waals surface area (Å²) in [6.45, 7) is 2.36. The fourth-order valence-electron chi connectivity index (χ4n) is 1.71. The minimum atomic E-state index is -0.544. The number of hydrogen-bond acceptors (Lipinski definition) is 5. The molecule has 0 unspecified atom stereocenters. The molecular weight excluding hydrogens is 272 g/mol. The van der Waals surface area contributed by atoms with E-state index in [0.717, 1.165) is 6.42 Å². The van der Waals surface area contributed by atoms with E-state index in [1.54, 1.807) is 17.0 Å². The normalized spacial score (nSPS) is 10.1. The first-order valence-corrected chi connectivity index (χ1v) is 6.13. The third-order valence-electron chi connectivity index (χ3n) is 2.53. The minimum Gasteiger partial charge on any atom is -0.468 e. The maximum atomic E-state index is 11.4. The van der Waals surface area contributed by atoms with Gasteiger partial charge in [0.05, 0.1) is 12.0 Å². The average molecular weight is 287 g/mol. The van der Waals surface area contributed by atoms with Crippen molar-refractivity contribution in [2.75, 3.05) is 25.1 Å². The third-order valence-corrected chi connectivity index (χ3v) is 2.83. The van der Waals surface area contributed by atoms with Crippen LogP contribution in [0, 0.1) is 10.1 Å². The molecule has 0 saturated carbocycles. The predicted octanol–water partition coefficient (Wildman–Crippen LogP) is 2.64. The van der Waals surface area contributed by atoms with Gasteiger partial charge in [0.15, 0.2) is 0 Å². The van der Waals surface area contributed by atoms with Crippen LogP contribution in [-0.2, 0) is 9.53 Å². The van der Waals surface area contributed by atoms with E-state index < -0.39 is 10.9 Å². The number of halogens is 1. The van der Waals surface area contributed by atoms with E-state index in [0.29, 0.717) is 12.2 Å². The number of anilines is 1. The molecule has 1 aromatic rings. The molecule has 7 heteroatoms. The summed E-state index contributed by atoms with van der Waals surface area (Å²) in [5.74, 6) is -0.456. The van der Waals surface area contributed by atoms with Gasteiger partial charge in [0.2, 0.25) is 0 Å². The molecule has 0 aliphatic heterocycles. The first-order chi connectivity index (χ1) is 9.01. The Morgan fingerprint density at radius 3 is 2.74 bits per heavy atom. The Bertz CT molecular complexity index is 479. The summed E-state index contributed by atoms with van der Waals surface area (Å²) >= 11 is 5.85. The number of nitro groups is 1. The van der Waals surface area contributed by atoms with Gasteiger partial charge in [0.1, 0.15) is 17.3 Å². The number of esters is 1. The molecule has 0 heterocycles. The summed E-state index contributed by atoms with van der Waals surface area (Å²) in [5, 5.41) is 11.1. The topological polar surface area (TPSA) is 72.7 Å². The molecule has 19 heavy (non-hydrogen) atoms. The Balaban J connectivity index is 3.18. The third kappa shape index (κ3) is 3.82. The van der Waals surface area contributed by atoms with Crippen LogP contribution in [0.5, 0.6) is 0 Å². The van der Waals surface area contributed by atoms with Crippen molar-refractivity contribution in [3.8, 4) is 0 Å². The monoisotopic (exact) mass is 286 g/mol. The molecule has 0 N–H and O–H groups in total. The van der Waals surface area contributed by atoms with Crippen LogP contribution in [0.2, 0.25) is 5.02 Å². The van der Waals surface area contributed by atoms with Crippen molar-refractivity contribution in [3.63, 3.8) is 0 Å². The van der Waals surface area contributed by atoms with Gasteiger partial charge in [-0.15, -0.1) is 0 Å². The lowest BCUT2D eigenvalue weighted by atomic mass is 10.2. The number of nitro benzene ring substituents is 1. The Morgan fingerprint density at radius 2 is 2.21 bits per heavy atom. The van der Waals surface area contributed by atoms with E-state index in [4.69, 9.17) is 11.6 Å². The molecule has 0 amide bonds. The summed E-state index contributed by atoms with van der Waals surface area (Å²) < 4.78 is 4.60. The predicted molar refractivity (Wildman–Crippen MR) is 72.6 cm³/mol. The van der Waals surface area contributed by atoms with Crippen molar-refractivity contribution in [2.45, 2.75) is 13.3 Å². The highest BCUT2D eigenvalue weighted by molar-refractivity contribution is 6.33. The van der Waals surface area contributed by atoms with Crippen LogP contribution in [0.4, 0.5) is 11.4 Å². The van der Waals surface area contributed by atoms with Gasteiger partial charge in [-0.1, -0.05) is 24.6 Å². The van der Waals surface area contributed by atoms with Crippen molar-refractivity contribution in [1.82, 2.24) is 0 Å². The molecule has 1 aromatic carbocycles. The van der Waals surface area contributed by atoms with Gasteiger partial charge in [-0.2, -0.15) is 0 Å². The second-order valence-corrected chi connectivity index (χ2v) is 4.27. The van der Waals surface area contributed by atoms with Crippen molar-refractivity contribution in [3.05, 3.63) is 33.3 Å². The van der Waals surface area contributed by atoms with Gasteiger partial charge in [0, 0.05) is 6.54 Å². The van der Waals surface area contributed by atoms with Gasteiger partial charge < -0.3 is 9.64 Å². The minimum absolute atomic E-state index is 0.0495. The number of nitrogens with zero attached hydrogens (tertiary/aromatic N) is 2. The number of rotatable bonds is 6. The summed E-state index contributed by atoms with van der Waals surface area (Å²) in [4.78, 5) is 23.5. The highest BCUT2D eigenvalue weighted by Crippen LogP contribution is 2.34. The fourth-order valence-corrected chi connectivity index (χ4v) is 1.95. The van der Waals surface area contributed by atoms with Gasteiger partial charge in [0.25, 0.3) is 0 Å². The lowest BCUT2D eigenvalue weighted by Gasteiger charge is -2.22. The summed E-state index contributed by atoms with van der Waals surface area (Å²) in [6, 6.07) is 4.64. The number of para-hydroxylation sites is 1. The zero-order valence-electron chi connectivity index (χ0n) is 10.8. The maximum absolute atomic E-state index is 11.4. The molecule has 6 nitrogen and oxygen atoms in total. The van der Waals surface area contributed by atoms with Crippen molar-refractivity contribution in [1.29, 1.82) is 0 Å². The van der Waals surface area contributed by atoms with Crippen LogP contribution in [-0.4, -0.2) is 31.1 Å². The van der Waals surface area contributed by atoms with Gasteiger partial charge >= 0.3 is 11.7 Å². The van der Waals surface area contributed by atoms with E-state index >= 15 is 0 Å². The second kappa shape index (κ2) is 6.94. The molecule has 0 spiro atoms. The molecule has 0 aromatic heterocycles. The molecular formula is C12H15ClN2O4. The number of benzene rings is 1. The van der Waals surface area contributed by atoms with Gasteiger partial charge in [-0.05, 0) is 18.6 Å². The van der Waals surface area contributed by atoms with Gasteiger partial charge in [-0.3, -0.25) is 14.9 Å². The van der Waals surface area contributed by atoms with Crippen LogP contribution >= 0.6 is 11.6 Å². The summed E-state index contributed by atoms with van der Waals surface area (Å²) in [5.41, 5.74) is 0.131. The Kier molecular flexibility index (Phi) is 5.57. The Hall–Kier alpha value is -1.82. The zero-order chi connectivity index (χ0) is 14.4. The first-order valence-electron chi connectivity index (χ1n) is 5.75. The number of methoxy groups -OCH3 is 1. The molecule has 104 valence electrons. The summed E-state index contributed by atoms with van der Waals surface area (Å²) in [7, 11) is 1.28. The van der Waals surface area contributed by atoms with E-state index in [2.05, 4.69) is 4.74 Å². The van der Waals surface area contributed by atoms with E-state index in [-0.39, 0.29) is 17.3 Å². The molecule has 1 rings (SSSR count). The number of carbonyl (C=O) groups is 1. The lowest BCUT2D eigenvalue weighted by molar-refractivity contribution is -0.384. The molecule has 0 radical (unpaired) electrons. The number of hydrogen-bond donors (Lipinski definition) is 0. The highest BCUT2D eigenvalue weighted by Gasteiger charge is 2.24. The second-order valence-electron chi connectivity index (χ2n) is 3.86. The number of carbonyl (C=O) groups excluding carboxylic acids is 1. The Labute approximate surface area is 116 Å². The van der Waals surface area contributed by atoms with E-state index in [1.165, 1.54) is 13.2 Å². The maximum Gasteiger partial charge on any atom is 0.325 e. The van der Waals surface area contributed by atoms with Crippen molar-refractivity contribution < 1.29 is 14.5 Å². The smallest absolute Gasteiger partial charge is 0.325 e. The van der Waals surface area contributed by atoms with Crippen LogP contribution in [0.1, 0.15) is 13.3 Å². The van der Waals surface area contributed by atoms with Crippen LogP contribution < -0.4 is 4.90 Å². The summed E-state index contributed by atoms with van der Waals surface area (Å²) in [6.07, 6.45) is 0.737. The van der Waals surface area contributed by atoms with Crippen molar-refractivity contribution >= 4 is 28.9 Å². The van der Waals surface area contributed by atoms with Crippen LogP contribution in [0.3, 0.4) is 0 Å². The SMILES string of the molecule is CCCN(CC(=O)OC)c1cccc(Cl)c1[N+](=O)[O-]. The standard InChI is InChI=1S/C12H15ClN2O4/c1-3-7-14(8-11(16)19-2)10-6-4-5-9(13)12(10)15(17)18/h4-6H,3,7-8H2,1-2H3. The molecule has 0 aliphatic carbocycles. The van der Waals surface area contributed by atoms with Crippen LogP contribution in [0.25, 0.3) is 0 Å². The van der Waals surface area contributed by atoms with E-state index in [1.807, 2.05) is 6.92 Å². The van der Waals surface area contributed by atoms with Crippen LogP contribution in [0.15, 0.2) is 18.2 Å². The highest BCUT2D eigenvalue weighted by atomic mass is 35.5. The quantitative estimate of drug-likeness (QED) is 0.457. The molecule has 0 saturated heterocycles. The fraction of sp³-hybridized carbons (Fsp3) is 0.417. The molecule has 0 atom stereocenters. The zero-order valence-corrected chi connectivity index (χ0v) is 11.5. The largest absolute Gasteiger partial charge is 0.468 e. The first kappa shape index (κ1) is 15.2. The molecule has 0 fully saturated rings. The van der Waals surface area contributed by atoms with E-state index in [9.17, 15) is 14.9 Å². The average Bonchev–Trinajstić information content (AvgIpc) is 2.37.